The van der Waals surface area contributed by atoms with Crippen LogP contribution in [-0.2, 0) is 10.0 Å². The van der Waals surface area contributed by atoms with E-state index in [9.17, 15) is 8.42 Å². The summed E-state index contributed by atoms with van der Waals surface area (Å²) in [5.74, 6) is 1.04. The Morgan fingerprint density at radius 2 is 1.92 bits per heavy atom. The Labute approximate surface area is 153 Å². The van der Waals surface area contributed by atoms with E-state index in [0.29, 0.717) is 18.0 Å². The van der Waals surface area contributed by atoms with E-state index in [-0.39, 0.29) is 12.0 Å². The monoisotopic (exact) mass is 370 g/mol. The van der Waals surface area contributed by atoms with Gasteiger partial charge in [-0.3, -0.25) is 4.98 Å². The second kappa shape index (κ2) is 6.48. The SMILES string of the molecule is CC(C)n1c([C@H]2CCN(S(=O)(=O)c3ccccc3)C2)nc2ccncc21. The van der Waals surface area contributed by atoms with Crippen LogP contribution in [0.4, 0.5) is 0 Å². The number of fused-ring (bicyclic) bond motifs is 1. The lowest BCUT2D eigenvalue weighted by Gasteiger charge is -2.18. The summed E-state index contributed by atoms with van der Waals surface area (Å²) in [6, 6.07) is 10.8. The third kappa shape index (κ3) is 2.81. The first kappa shape index (κ1) is 17.2. The number of nitrogens with zero attached hydrogens (tertiary/aromatic N) is 4. The Balaban J connectivity index is 1.68. The third-order valence-corrected chi connectivity index (χ3v) is 6.81. The van der Waals surface area contributed by atoms with Gasteiger partial charge >= 0.3 is 0 Å². The smallest absolute Gasteiger partial charge is 0.243 e. The highest BCUT2D eigenvalue weighted by atomic mass is 32.2. The maximum atomic E-state index is 12.9. The van der Waals surface area contributed by atoms with Gasteiger partial charge in [0.15, 0.2) is 0 Å². The number of pyridine rings is 1. The average Bonchev–Trinajstić information content (AvgIpc) is 3.27. The van der Waals surface area contributed by atoms with Gasteiger partial charge in [-0.05, 0) is 38.5 Å². The minimum Gasteiger partial charge on any atom is -0.324 e. The van der Waals surface area contributed by atoms with Crippen LogP contribution in [0.25, 0.3) is 11.0 Å². The summed E-state index contributed by atoms with van der Waals surface area (Å²) >= 11 is 0. The molecule has 4 rings (SSSR count). The van der Waals surface area contributed by atoms with Gasteiger partial charge in [-0.1, -0.05) is 18.2 Å². The summed E-state index contributed by atoms with van der Waals surface area (Å²) in [5.41, 5.74) is 1.91. The van der Waals surface area contributed by atoms with Crippen LogP contribution in [-0.4, -0.2) is 40.3 Å². The van der Waals surface area contributed by atoms with Gasteiger partial charge in [-0.25, -0.2) is 13.4 Å². The van der Waals surface area contributed by atoms with E-state index >= 15 is 0 Å². The molecule has 6 nitrogen and oxygen atoms in total. The molecule has 136 valence electrons. The minimum atomic E-state index is -3.46. The molecule has 1 aliphatic rings. The van der Waals surface area contributed by atoms with Crippen molar-refractivity contribution in [2.45, 2.75) is 37.1 Å². The van der Waals surface area contributed by atoms with Crippen LogP contribution in [0.2, 0.25) is 0 Å². The topological polar surface area (TPSA) is 68.1 Å². The van der Waals surface area contributed by atoms with Crippen molar-refractivity contribution in [1.29, 1.82) is 0 Å². The molecule has 3 heterocycles. The first-order valence-corrected chi connectivity index (χ1v) is 10.3. The maximum absolute atomic E-state index is 12.9. The molecule has 3 aromatic rings. The van der Waals surface area contributed by atoms with Gasteiger partial charge in [-0.15, -0.1) is 0 Å². The van der Waals surface area contributed by atoms with Gasteiger partial charge in [-0.2, -0.15) is 4.31 Å². The lowest BCUT2D eigenvalue weighted by molar-refractivity contribution is 0.466. The molecule has 1 aliphatic heterocycles. The van der Waals surface area contributed by atoms with Crippen LogP contribution >= 0.6 is 0 Å². The van der Waals surface area contributed by atoms with Crippen LogP contribution in [0, 0.1) is 0 Å². The second-order valence-electron chi connectivity index (χ2n) is 6.96. The molecule has 0 amide bonds. The molecular weight excluding hydrogens is 348 g/mol. The maximum Gasteiger partial charge on any atom is 0.243 e. The lowest BCUT2D eigenvalue weighted by Crippen LogP contribution is -2.29. The van der Waals surface area contributed by atoms with Crippen LogP contribution in [0.15, 0.2) is 53.7 Å². The highest BCUT2D eigenvalue weighted by molar-refractivity contribution is 7.89. The molecule has 7 heteroatoms. The molecule has 1 atom stereocenters. The van der Waals surface area contributed by atoms with Crippen molar-refractivity contribution in [3.63, 3.8) is 0 Å². The fraction of sp³-hybridized carbons (Fsp3) is 0.368. The van der Waals surface area contributed by atoms with Crippen LogP contribution in [0.5, 0.6) is 0 Å². The predicted molar refractivity (Wildman–Crippen MR) is 100 cm³/mol. The van der Waals surface area contributed by atoms with E-state index in [2.05, 4.69) is 23.4 Å². The summed E-state index contributed by atoms with van der Waals surface area (Å²) < 4.78 is 29.5. The minimum absolute atomic E-state index is 0.0864. The van der Waals surface area contributed by atoms with Crippen LogP contribution in [0.3, 0.4) is 0 Å². The predicted octanol–water partition coefficient (Wildman–Crippen LogP) is 3.19. The fourth-order valence-electron chi connectivity index (χ4n) is 3.69. The van der Waals surface area contributed by atoms with Gasteiger partial charge in [0.25, 0.3) is 0 Å². The molecule has 1 fully saturated rings. The van der Waals surface area contributed by atoms with E-state index < -0.39 is 10.0 Å². The van der Waals surface area contributed by atoms with Gasteiger partial charge in [0, 0.05) is 31.2 Å². The second-order valence-corrected chi connectivity index (χ2v) is 8.90. The average molecular weight is 370 g/mol. The highest BCUT2D eigenvalue weighted by Crippen LogP contribution is 2.33. The molecule has 1 aromatic carbocycles. The Hall–Kier alpha value is -2.25. The third-order valence-electron chi connectivity index (χ3n) is 4.93. The molecular formula is C19H22N4O2S. The molecule has 0 unspecified atom stereocenters. The van der Waals surface area contributed by atoms with E-state index in [1.54, 1.807) is 34.8 Å². The fourth-order valence-corrected chi connectivity index (χ4v) is 5.21. The van der Waals surface area contributed by atoms with E-state index in [0.717, 1.165) is 23.3 Å². The molecule has 26 heavy (non-hydrogen) atoms. The number of imidazole rings is 1. The Kier molecular flexibility index (Phi) is 4.28. The number of benzene rings is 1. The van der Waals surface area contributed by atoms with Gasteiger partial charge in [0.05, 0.1) is 22.1 Å². The van der Waals surface area contributed by atoms with E-state index in [1.807, 2.05) is 18.3 Å². The summed E-state index contributed by atoms with van der Waals surface area (Å²) in [6.07, 6.45) is 4.35. The highest BCUT2D eigenvalue weighted by Gasteiger charge is 2.35. The standard InChI is InChI=1S/C19H22N4O2S/c1-14(2)23-18-12-20-10-8-17(18)21-19(23)15-9-11-22(13-15)26(24,25)16-6-4-3-5-7-16/h3-8,10,12,14-15H,9,11,13H2,1-2H3/t15-/m0/s1. The molecule has 0 N–H and O–H groups in total. The van der Waals surface area contributed by atoms with Crippen molar-refractivity contribution >= 4 is 21.1 Å². The largest absolute Gasteiger partial charge is 0.324 e. The zero-order valence-electron chi connectivity index (χ0n) is 14.9. The number of sulfonamides is 1. The summed E-state index contributed by atoms with van der Waals surface area (Å²) in [7, 11) is -3.46. The van der Waals surface area contributed by atoms with Crippen molar-refractivity contribution in [2.24, 2.45) is 0 Å². The number of hydrogen-bond acceptors (Lipinski definition) is 4. The summed E-state index contributed by atoms with van der Waals surface area (Å²) in [4.78, 5) is 9.38. The van der Waals surface area contributed by atoms with Gasteiger partial charge < -0.3 is 4.57 Å². The van der Waals surface area contributed by atoms with E-state index in [4.69, 9.17) is 4.98 Å². The zero-order chi connectivity index (χ0) is 18.3. The van der Waals surface area contributed by atoms with Crippen molar-refractivity contribution in [3.8, 4) is 0 Å². The molecule has 0 spiro atoms. The lowest BCUT2D eigenvalue weighted by atomic mass is 10.1. The summed E-state index contributed by atoms with van der Waals surface area (Å²) in [6.45, 7) is 5.21. The normalized spacial score (nSPS) is 18.8. The number of aromatic nitrogens is 3. The Bertz CT molecular complexity index is 1030. The Morgan fingerprint density at radius 1 is 1.15 bits per heavy atom. The number of rotatable bonds is 4. The van der Waals surface area contributed by atoms with Crippen LogP contribution in [0.1, 0.15) is 38.1 Å². The summed E-state index contributed by atoms with van der Waals surface area (Å²) in [5, 5.41) is 0. The van der Waals surface area contributed by atoms with Gasteiger partial charge in [0.1, 0.15) is 5.82 Å². The van der Waals surface area contributed by atoms with Crippen LogP contribution < -0.4 is 0 Å². The molecule has 0 saturated carbocycles. The Morgan fingerprint density at radius 3 is 2.65 bits per heavy atom. The zero-order valence-corrected chi connectivity index (χ0v) is 15.7. The molecule has 0 aliphatic carbocycles. The van der Waals surface area contributed by atoms with Crippen molar-refractivity contribution < 1.29 is 8.42 Å². The molecule has 2 aromatic heterocycles. The van der Waals surface area contributed by atoms with Crippen molar-refractivity contribution in [1.82, 2.24) is 18.8 Å². The molecule has 0 radical (unpaired) electrons. The molecule has 1 saturated heterocycles. The first-order valence-electron chi connectivity index (χ1n) is 8.85. The van der Waals surface area contributed by atoms with Crippen molar-refractivity contribution in [3.05, 3.63) is 54.6 Å². The quantitative estimate of drug-likeness (QED) is 0.707. The number of hydrogen-bond donors (Lipinski definition) is 0. The van der Waals surface area contributed by atoms with Gasteiger partial charge in [0.2, 0.25) is 10.0 Å². The van der Waals surface area contributed by atoms with Crippen molar-refractivity contribution in [2.75, 3.05) is 13.1 Å². The first-order chi connectivity index (χ1) is 12.5. The molecule has 0 bridgehead atoms. The van der Waals surface area contributed by atoms with E-state index in [1.165, 1.54) is 0 Å².